The fraction of sp³-hybridized carbons (Fsp3) is 0.611. The highest BCUT2D eigenvalue weighted by Gasteiger charge is 2.37. The van der Waals surface area contributed by atoms with Crippen LogP contribution in [0.1, 0.15) is 48.0 Å². The van der Waals surface area contributed by atoms with Crippen molar-refractivity contribution < 1.29 is 9.53 Å². The Morgan fingerprint density at radius 1 is 1.38 bits per heavy atom. The van der Waals surface area contributed by atoms with Gasteiger partial charge in [-0.15, -0.1) is 0 Å². The molecule has 1 aromatic carbocycles. The summed E-state index contributed by atoms with van der Waals surface area (Å²) in [4.78, 5) is 15.3. The molecule has 2 fully saturated rings. The molecule has 2 bridgehead atoms. The zero-order valence-electron chi connectivity index (χ0n) is 14.0. The third kappa shape index (κ3) is 2.64. The van der Waals surface area contributed by atoms with E-state index in [-0.39, 0.29) is 11.9 Å². The molecule has 1 amide bonds. The quantitative estimate of drug-likeness (QED) is 0.805. The molecule has 3 aliphatic heterocycles. The number of anilines is 1. The van der Waals surface area contributed by atoms with Crippen LogP contribution in [-0.2, 0) is 6.42 Å². The van der Waals surface area contributed by atoms with E-state index in [4.69, 9.17) is 22.1 Å². The highest BCUT2D eigenvalue weighted by Crippen LogP contribution is 2.39. The minimum Gasteiger partial charge on any atom is -0.492 e. The summed E-state index contributed by atoms with van der Waals surface area (Å²) in [5, 5.41) is 3.65. The van der Waals surface area contributed by atoms with Crippen molar-refractivity contribution in [1.82, 2.24) is 10.2 Å². The van der Waals surface area contributed by atoms with E-state index in [0.717, 1.165) is 18.4 Å². The predicted molar refractivity (Wildman–Crippen MR) is 94.7 cm³/mol. The molecule has 6 heteroatoms. The fourth-order valence-electron chi connectivity index (χ4n) is 4.53. The second-order valence-electron chi connectivity index (χ2n) is 7.27. The topological polar surface area (TPSA) is 67.6 Å². The zero-order chi connectivity index (χ0) is 16.8. The van der Waals surface area contributed by atoms with Crippen LogP contribution in [0.5, 0.6) is 5.75 Å². The molecule has 3 N–H and O–H groups in total. The molecule has 0 radical (unpaired) electrons. The van der Waals surface area contributed by atoms with E-state index in [2.05, 4.69) is 17.3 Å². The van der Waals surface area contributed by atoms with Crippen molar-refractivity contribution in [1.29, 1.82) is 0 Å². The number of benzene rings is 1. The largest absolute Gasteiger partial charge is 0.492 e. The Hall–Kier alpha value is -1.46. The molecule has 2 atom stereocenters. The fourth-order valence-corrected chi connectivity index (χ4v) is 4.76. The number of carbonyl (C=O) groups excluding carboxylic acids is 1. The van der Waals surface area contributed by atoms with Crippen molar-refractivity contribution in [3.63, 3.8) is 0 Å². The molecule has 1 aromatic rings. The molecule has 0 aromatic heterocycles. The van der Waals surface area contributed by atoms with E-state index >= 15 is 0 Å². The Balaban J connectivity index is 1.53. The van der Waals surface area contributed by atoms with Gasteiger partial charge in [0, 0.05) is 30.1 Å². The predicted octanol–water partition coefficient (Wildman–Crippen LogP) is 2.60. The molecule has 5 nitrogen and oxygen atoms in total. The lowest BCUT2D eigenvalue weighted by Crippen LogP contribution is -2.55. The zero-order valence-corrected chi connectivity index (χ0v) is 14.7. The van der Waals surface area contributed by atoms with Crippen LogP contribution in [-0.4, -0.2) is 42.6 Å². The summed E-state index contributed by atoms with van der Waals surface area (Å²) in [5.41, 5.74) is 7.94. The number of nitrogens with zero attached hydrogens (tertiary/aromatic N) is 1. The molecule has 0 spiro atoms. The van der Waals surface area contributed by atoms with E-state index in [1.165, 1.54) is 19.3 Å². The number of nitrogen functional groups attached to an aromatic ring is 1. The number of amides is 1. The standard InChI is InChI=1S/C18H24ClN3O2/c1-22-11-3-2-4-12(22)8-10(7-11)21-18(23)14-9-15(19)16(20)13-5-6-24-17(13)14/h9-12H,2-8,20H2,1H3,(H,21,23). The van der Waals surface area contributed by atoms with E-state index < -0.39 is 0 Å². The second-order valence-corrected chi connectivity index (χ2v) is 7.68. The lowest BCUT2D eigenvalue weighted by atomic mass is 9.82. The normalized spacial score (nSPS) is 29.0. The van der Waals surface area contributed by atoms with E-state index in [9.17, 15) is 4.79 Å². The lowest BCUT2D eigenvalue weighted by Gasteiger charge is -2.47. The van der Waals surface area contributed by atoms with Gasteiger partial charge < -0.3 is 20.7 Å². The number of nitrogens with one attached hydrogen (secondary N) is 1. The Morgan fingerprint density at radius 3 is 2.79 bits per heavy atom. The summed E-state index contributed by atoms with van der Waals surface area (Å²) in [6, 6.07) is 3.03. The van der Waals surface area contributed by atoms with Crippen molar-refractivity contribution >= 4 is 23.2 Å². The Morgan fingerprint density at radius 2 is 2.08 bits per heavy atom. The molecule has 0 saturated carbocycles. The van der Waals surface area contributed by atoms with Gasteiger partial charge in [-0.2, -0.15) is 0 Å². The summed E-state index contributed by atoms with van der Waals surface area (Å²) in [5.74, 6) is 0.519. The summed E-state index contributed by atoms with van der Waals surface area (Å²) in [6.45, 7) is 0.554. The molecular formula is C18H24ClN3O2. The van der Waals surface area contributed by atoms with Crippen LogP contribution in [0.3, 0.4) is 0 Å². The number of hydrogen-bond acceptors (Lipinski definition) is 4. The van der Waals surface area contributed by atoms with Gasteiger partial charge in [-0.3, -0.25) is 4.79 Å². The molecule has 2 unspecified atom stereocenters. The van der Waals surface area contributed by atoms with Gasteiger partial charge in [0.1, 0.15) is 5.75 Å². The van der Waals surface area contributed by atoms with Gasteiger partial charge in [-0.1, -0.05) is 18.0 Å². The van der Waals surface area contributed by atoms with E-state index in [0.29, 0.717) is 47.1 Å². The number of halogens is 1. The number of piperidine rings is 2. The number of rotatable bonds is 2. The molecule has 0 aliphatic carbocycles. The van der Waals surface area contributed by atoms with Gasteiger partial charge >= 0.3 is 0 Å². The molecule has 130 valence electrons. The number of nitrogens with two attached hydrogens (primary N) is 1. The Kier molecular flexibility index (Phi) is 4.09. The van der Waals surface area contributed by atoms with Crippen molar-refractivity contribution in [2.75, 3.05) is 19.4 Å². The molecule has 3 aliphatic rings. The average Bonchev–Trinajstić information content (AvgIpc) is 3.01. The Bertz CT molecular complexity index is 665. The van der Waals surface area contributed by atoms with Gasteiger partial charge in [0.25, 0.3) is 5.91 Å². The molecule has 4 rings (SSSR count). The first-order valence-electron chi connectivity index (χ1n) is 8.81. The van der Waals surface area contributed by atoms with Crippen molar-refractivity contribution in [2.24, 2.45) is 0 Å². The van der Waals surface area contributed by atoms with Crippen molar-refractivity contribution in [2.45, 2.75) is 56.7 Å². The summed E-state index contributed by atoms with van der Waals surface area (Å²) < 4.78 is 5.66. The molecular weight excluding hydrogens is 326 g/mol. The van der Waals surface area contributed by atoms with Gasteiger partial charge in [0.15, 0.2) is 0 Å². The minimum atomic E-state index is -0.0947. The summed E-state index contributed by atoms with van der Waals surface area (Å²) >= 11 is 6.21. The molecule has 3 heterocycles. The lowest BCUT2D eigenvalue weighted by molar-refractivity contribution is 0.0462. The number of fused-ring (bicyclic) bond motifs is 3. The van der Waals surface area contributed by atoms with E-state index in [1.807, 2.05) is 0 Å². The maximum absolute atomic E-state index is 12.8. The smallest absolute Gasteiger partial charge is 0.255 e. The van der Waals surface area contributed by atoms with Crippen LogP contribution >= 0.6 is 11.6 Å². The highest BCUT2D eigenvalue weighted by atomic mass is 35.5. The van der Waals surface area contributed by atoms with Crippen molar-refractivity contribution in [3.05, 3.63) is 22.2 Å². The van der Waals surface area contributed by atoms with E-state index in [1.54, 1.807) is 6.07 Å². The summed E-state index contributed by atoms with van der Waals surface area (Å²) in [7, 11) is 2.22. The minimum absolute atomic E-state index is 0.0947. The van der Waals surface area contributed by atoms with Crippen LogP contribution in [0.4, 0.5) is 5.69 Å². The van der Waals surface area contributed by atoms with Crippen LogP contribution in [0.25, 0.3) is 0 Å². The first kappa shape index (κ1) is 16.0. The van der Waals surface area contributed by atoms with Crippen LogP contribution in [0.15, 0.2) is 6.07 Å². The average molecular weight is 350 g/mol. The Labute approximate surface area is 147 Å². The van der Waals surface area contributed by atoms with Gasteiger partial charge in [0.05, 0.1) is 22.9 Å². The first-order chi connectivity index (χ1) is 11.5. The molecule has 24 heavy (non-hydrogen) atoms. The third-order valence-corrected chi connectivity index (χ3v) is 6.20. The maximum Gasteiger partial charge on any atom is 0.255 e. The number of carbonyl (C=O) groups is 1. The highest BCUT2D eigenvalue weighted by molar-refractivity contribution is 6.33. The SMILES string of the molecule is CN1C2CCCC1CC(NC(=O)c1cc(Cl)c(N)c3c1OCC3)C2. The van der Waals surface area contributed by atoms with Gasteiger partial charge in [-0.05, 0) is 38.8 Å². The molecule has 2 saturated heterocycles. The summed E-state index contributed by atoms with van der Waals surface area (Å²) in [6.07, 6.45) is 6.50. The monoisotopic (exact) mass is 349 g/mol. The maximum atomic E-state index is 12.8. The van der Waals surface area contributed by atoms with Gasteiger partial charge in [-0.25, -0.2) is 0 Å². The first-order valence-corrected chi connectivity index (χ1v) is 9.19. The number of ether oxygens (including phenoxy) is 1. The van der Waals surface area contributed by atoms with Crippen LogP contribution in [0.2, 0.25) is 5.02 Å². The second kappa shape index (κ2) is 6.12. The third-order valence-electron chi connectivity index (χ3n) is 5.89. The van der Waals surface area contributed by atoms with Crippen LogP contribution < -0.4 is 15.8 Å². The van der Waals surface area contributed by atoms with Crippen molar-refractivity contribution in [3.8, 4) is 5.75 Å². The van der Waals surface area contributed by atoms with Gasteiger partial charge in [0.2, 0.25) is 0 Å². The number of hydrogen-bond donors (Lipinski definition) is 2. The van der Waals surface area contributed by atoms with Crippen LogP contribution in [0, 0.1) is 0 Å².